The second-order valence-electron chi connectivity index (χ2n) is 4.18. The van der Waals surface area contributed by atoms with Gasteiger partial charge in [-0.2, -0.15) is 0 Å². The molecule has 1 aromatic heterocycles. The summed E-state index contributed by atoms with van der Waals surface area (Å²) in [6, 6.07) is 9.52. The Bertz CT molecular complexity index is 536. The summed E-state index contributed by atoms with van der Waals surface area (Å²) in [6.45, 7) is 2.55. The van der Waals surface area contributed by atoms with Crippen molar-refractivity contribution in [2.75, 3.05) is 17.7 Å². The van der Waals surface area contributed by atoms with Crippen LogP contribution in [-0.2, 0) is 6.54 Å². The molecule has 0 saturated carbocycles. The normalized spacial score (nSPS) is 10.4. The zero-order valence-corrected chi connectivity index (χ0v) is 11.1. The maximum atomic E-state index is 5.96. The zero-order chi connectivity index (χ0) is 13.1. The van der Waals surface area contributed by atoms with Crippen LogP contribution in [0.3, 0.4) is 0 Å². The molecular weight excluding hydrogens is 248 g/mol. The number of benzene rings is 1. The van der Waals surface area contributed by atoms with Gasteiger partial charge in [-0.1, -0.05) is 23.7 Å². The number of rotatable bonds is 3. The van der Waals surface area contributed by atoms with Gasteiger partial charge in [0, 0.05) is 24.7 Å². The minimum atomic E-state index is 0.482. The highest BCUT2D eigenvalue weighted by atomic mass is 35.5. The SMILES string of the molecule is Cc1nc(N)cc(N(C)Cc2cccc(Cl)c2)n1. The van der Waals surface area contributed by atoms with Gasteiger partial charge in [0.05, 0.1) is 0 Å². The van der Waals surface area contributed by atoms with E-state index >= 15 is 0 Å². The number of nitrogen functional groups attached to an aromatic ring is 1. The molecule has 94 valence electrons. The van der Waals surface area contributed by atoms with Crippen molar-refractivity contribution in [1.29, 1.82) is 0 Å². The maximum Gasteiger partial charge on any atom is 0.134 e. The van der Waals surface area contributed by atoms with Crippen molar-refractivity contribution in [1.82, 2.24) is 9.97 Å². The summed E-state index contributed by atoms with van der Waals surface area (Å²) in [5.41, 5.74) is 6.84. The smallest absolute Gasteiger partial charge is 0.134 e. The lowest BCUT2D eigenvalue weighted by molar-refractivity contribution is 0.881. The Labute approximate surface area is 111 Å². The number of aromatic nitrogens is 2. The Hall–Kier alpha value is -1.81. The van der Waals surface area contributed by atoms with Crippen LogP contribution in [0.2, 0.25) is 5.02 Å². The van der Waals surface area contributed by atoms with E-state index in [0.29, 0.717) is 11.6 Å². The molecule has 0 amide bonds. The molecule has 2 aromatic rings. The van der Waals surface area contributed by atoms with E-state index in [-0.39, 0.29) is 0 Å². The third kappa shape index (κ3) is 3.11. The van der Waals surface area contributed by atoms with Gasteiger partial charge in [-0.3, -0.25) is 0 Å². The van der Waals surface area contributed by atoms with E-state index < -0.39 is 0 Å². The molecule has 0 aliphatic heterocycles. The monoisotopic (exact) mass is 262 g/mol. The number of hydrogen-bond acceptors (Lipinski definition) is 4. The second-order valence-corrected chi connectivity index (χ2v) is 4.62. The van der Waals surface area contributed by atoms with Crippen LogP contribution in [-0.4, -0.2) is 17.0 Å². The fourth-order valence-electron chi connectivity index (χ4n) is 1.76. The van der Waals surface area contributed by atoms with Crippen LogP contribution in [0.5, 0.6) is 0 Å². The van der Waals surface area contributed by atoms with Crippen molar-refractivity contribution in [3.05, 3.63) is 46.7 Å². The van der Waals surface area contributed by atoms with Crippen LogP contribution < -0.4 is 10.6 Å². The van der Waals surface area contributed by atoms with Gasteiger partial charge in [0.15, 0.2) is 0 Å². The summed E-state index contributed by atoms with van der Waals surface area (Å²) in [4.78, 5) is 10.4. The Morgan fingerprint density at radius 1 is 1.28 bits per heavy atom. The van der Waals surface area contributed by atoms with Crippen molar-refractivity contribution in [2.24, 2.45) is 0 Å². The highest BCUT2D eigenvalue weighted by Crippen LogP contribution is 2.17. The average Bonchev–Trinajstić information content (AvgIpc) is 2.27. The number of hydrogen-bond donors (Lipinski definition) is 1. The first-order valence-electron chi connectivity index (χ1n) is 5.61. The Kier molecular flexibility index (Phi) is 3.67. The molecular formula is C13H15ClN4. The molecule has 0 spiro atoms. The molecule has 0 fully saturated rings. The summed E-state index contributed by atoms with van der Waals surface area (Å²) in [7, 11) is 1.96. The molecule has 1 aromatic carbocycles. The predicted octanol–water partition coefficient (Wildman–Crippen LogP) is 2.66. The topological polar surface area (TPSA) is 55.0 Å². The Balaban J connectivity index is 2.19. The van der Waals surface area contributed by atoms with E-state index in [1.54, 1.807) is 6.07 Å². The lowest BCUT2D eigenvalue weighted by atomic mass is 10.2. The standard InChI is InChI=1S/C13H15ClN4/c1-9-16-12(15)7-13(17-9)18(2)8-10-4-3-5-11(14)6-10/h3-7H,8H2,1-2H3,(H2,15,16,17). The first-order chi connectivity index (χ1) is 8.54. The summed E-state index contributed by atoms with van der Waals surface area (Å²) in [5.74, 6) is 1.96. The predicted molar refractivity (Wildman–Crippen MR) is 74.7 cm³/mol. The van der Waals surface area contributed by atoms with Crippen molar-refractivity contribution in [2.45, 2.75) is 13.5 Å². The van der Waals surface area contributed by atoms with Crippen molar-refractivity contribution < 1.29 is 0 Å². The van der Waals surface area contributed by atoms with Gasteiger partial charge < -0.3 is 10.6 Å². The van der Waals surface area contributed by atoms with E-state index in [9.17, 15) is 0 Å². The van der Waals surface area contributed by atoms with Gasteiger partial charge >= 0.3 is 0 Å². The molecule has 2 rings (SSSR count). The molecule has 0 bridgehead atoms. The third-order valence-electron chi connectivity index (χ3n) is 2.54. The molecule has 0 unspecified atom stereocenters. The number of nitrogens with zero attached hydrogens (tertiary/aromatic N) is 3. The summed E-state index contributed by atoms with van der Waals surface area (Å²) >= 11 is 5.96. The number of aryl methyl sites for hydroxylation is 1. The first kappa shape index (κ1) is 12.6. The highest BCUT2D eigenvalue weighted by Gasteiger charge is 2.06. The fourth-order valence-corrected chi connectivity index (χ4v) is 1.97. The molecule has 5 heteroatoms. The summed E-state index contributed by atoms with van der Waals surface area (Å²) in [5, 5.41) is 0.735. The van der Waals surface area contributed by atoms with E-state index in [4.69, 9.17) is 17.3 Å². The van der Waals surface area contributed by atoms with E-state index in [0.717, 1.165) is 22.9 Å². The minimum absolute atomic E-state index is 0.482. The van der Waals surface area contributed by atoms with Gasteiger partial charge in [-0.25, -0.2) is 9.97 Å². The lowest BCUT2D eigenvalue weighted by Gasteiger charge is -2.18. The quantitative estimate of drug-likeness (QED) is 0.924. The Morgan fingerprint density at radius 3 is 2.72 bits per heavy atom. The van der Waals surface area contributed by atoms with Crippen LogP contribution in [0.1, 0.15) is 11.4 Å². The van der Waals surface area contributed by atoms with Gasteiger partial charge in [-0.15, -0.1) is 0 Å². The largest absolute Gasteiger partial charge is 0.384 e. The van der Waals surface area contributed by atoms with Crippen molar-refractivity contribution in [3.8, 4) is 0 Å². The molecule has 0 aliphatic carbocycles. The van der Waals surface area contributed by atoms with Crippen LogP contribution in [0.4, 0.5) is 11.6 Å². The van der Waals surface area contributed by atoms with Crippen molar-refractivity contribution in [3.63, 3.8) is 0 Å². The zero-order valence-electron chi connectivity index (χ0n) is 10.4. The molecule has 0 atom stereocenters. The van der Waals surface area contributed by atoms with Gasteiger partial charge in [0.2, 0.25) is 0 Å². The Morgan fingerprint density at radius 2 is 2.06 bits per heavy atom. The summed E-state index contributed by atoms with van der Waals surface area (Å²) < 4.78 is 0. The molecule has 1 heterocycles. The number of nitrogens with two attached hydrogens (primary N) is 1. The van der Waals surface area contributed by atoms with Crippen LogP contribution in [0.15, 0.2) is 30.3 Å². The lowest BCUT2D eigenvalue weighted by Crippen LogP contribution is -2.18. The molecule has 0 aliphatic rings. The maximum absolute atomic E-state index is 5.96. The fraction of sp³-hybridized carbons (Fsp3) is 0.231. The van der Waals surface area contributed by atoms with Crippen LogP contribution in [0, 0.1) is 6.92 Å². The van der Waals surface area contributed by atoms with Gasteiger partial charge in [0.1, 0.15) is 17.5 Å². The molecule has 4 nitrogen and oxygen atoms in total. The molecule has 0 saturated heterocycles. The minimum Gasteiger partial charge on any atom is -0.384 e. The third-order valence-corrected chi connectivity index (χ3v) is 2.78. The molecule has 0 radical (unpaired) electrons. The number of anilines is 2. The van der Waals surface area contributed by atoms with Gasteiger partial charge in [0.25, 0.3) is 0 Å². The van der Waals surface area contributed by atoms with Crippen LogP contribution >= 0.6 is 11.6 Å². The highest BCUT2D eigenvalue weighted by molar-refractivity contribution is 6.30. The molecule has 18 heavy (non-hydrogen) atoms. The van der Waals surface area contributed by atoms with Crippen LogP contribution in [0.25, 0.3) is 0 Å². The van der Waals surface area contributed by atoms with Crippen molar-refractivity contribution >= 4 is 23.2 Å². The second kappa shape index (κ2) is 5.23. The van der Waals surface area contributed by atoms with Gasteiger partial charge in [-0.05, 0) is 24.6 Å². The average molecular weight is 263 g/mol. The summed E-state index contributed by atoms with van der Waals surface area (Å²) in [6.07, 6.45) is 0. The van der Waals surface area contributed by atoms with E-state index in [1.165, 1.54) is 0 Å². The van der Waals surface area contributed by atoms with E-state index in [2.05, 4.69) is 9.97 Å². The van der Waals surface area contributed by atoms with E-state index in [1.807, 2.05) is 43.1 Å². The first-order valence-corrected chi connectivity index (χ1v) is 5.99. The number of halogens is 1. The molecule has 2 N–H and O–H groups in total.